The van der Waals surface area contributed by atoms with Crippen molar-refractivity contribution < 1.29 is 9.53 Å². The molecule has 6 nitrogen and oxygen atoms in total. The summed E-state index contributed by atoms with van der Waals surface area (Å²) in [6.07, 6.45) is 3.47. The maximum atomic E-state index is 12.1. The highest BCUT2D eigenvalue weighted by Gasteiger charge is 2.11. The van der Waals surface area contributed by atoms with E-state index in [0.29, 0.717) is 5.75 Å². The fraction of sp³-hybridized carbons (Fsp3) is 0.0417. The van der Waals surface area contributed by atoms with Crippen molar-refractivity contribution in [1.82, 2.24) is 15.2 Å². The zero-order chi connectivity index (χ0) is 21.5. The van der Waals surface area contributed by atoms with Crippen molar-refractivity contribution in [3.05, 3.63) is 101 Å². The smallest absolute Gasteiger partial charge is 0.277 e. The molecule has 31 heavy (non-hydrogen) atoms. The van der Waals surface area contributed by atoms with E-state index in [9.17, 15) is 4.79 Å². The summed E-state index contributed by atoms with van der Waals surface area (Å²) in [7, 11) is 0. The first-order valence-corrected chi connectivity index (χ1v) is 10.4. The molecule has 0 saturated heterocycles. The third-order valence-electron chi connectivity index (χ3n) is 4.39. The summed E-state index contributed by atoms with van der Waals surface area (Å²) in [4.78, 5) is 12.1. The summed E-state index contributed by atoms with van der Waals surface area (Å²) in [5.41, 5.74) is 5.95. The van der Waals surface area contributed by atoms with Crippen LogP contribution in [0.3, 0.4) is 0 Å². The number of para-hydroxylation sites is 1. The summed E-state index contributed by atoms with van der Waals surface area (Å²) in [5, 5.41) is 8.81. The summed E-state index contributed by atoms with van der Waals surface area (Å²) >= 11 is 3.36. The Balaban J connectivity index is 1.47. The third-order valence-corrected chi connectivity index (χ3v) is 4.92. The van der Waals surface area contributed by atoms with Crippen LogP contribution in [0.4, 0.5) is 0 Å². The van der Waals surface area contributed by atoms with Gasteiger partial charge in [0.25, 0.3) is 5.91 Å². The van der Waals surface area contributed by atoms with Gasteiger partial charge in [-0.15, -0.1) is 0 Å². The summed E-state index contributed by atoms with van der Waals surface area (Å²) < 4.78 is 8.19. The third kappa shape index (κ3) is 5.46. The number of nitrogens with one attached hydrogen (secondary N) is 1. The minimum absolute atomic E-state index is 0.131. The maximum absolute atomic E-state index is 12.1. The van der Waals surface area contributed by atoms with E-state index in [0.717, 1.165) is 27.0 Å². The average molecular weight is 475 g/mol. The fourth-order valence-electron chi connectivity index (χ4n) is 2.90. The van der Waals surface area contributed by atoms with E-state index >= 15 is 0 Å². The van der Waals surface area contributed by atoms with Gasteiger partial charge in [-0.05, 0) is 36.4 Å². The molecule has 3 aromatic carbocycles. The van der Waals surface area contributed by atoms with E-state index in [2.05, 4.69) is 26.5 Å². The Labute approximate surface area is 188 Å². The van der Waals surface area contributed by atoms with Crippen molar-refractivity contribution in [2.45, 2.75) is 0 Å². The number of benzene rings is 3. The Kier molecular flexibility index (Phi) is 6.54. The topological polar surface area (TPSA) is 68.5 Å². The number of hydrogen-bond acceptors (Lipinski definition) is 4. The van der Waals surface area contributed by atoms with E-state index in [1.807, 2.05) is 79.0 Å². The molecule has 1 amide bonds. The molecule has 0 atom stereocenters. The summed E-state index contributed by atoms with van der Waals surface area (Å²) in [6, 6.07) is 26.9. The van der Waals surface area contributed by atoms with Gasteiger partial charge in [0.1, 0.15) is 11.4 Å². The lowest BCUT2D eigenvalue weighted by atomic mass is 10.1. The first-order chi connectivity index (χ1) is 15.2. The highest BCUT2D eigenvalue weighted by Crippen LogP contribution is 2.22. The predicted molar refractivity (Wildman–Crippen MR) is 124 cm³/mol. The van der Waals surface area contributed by atoms with E-state index in [1.54, 1.807) is 23.0 Å². The minimum Gasteiger partial charge on any atom is -0.484 e. The number of rotatable bonds is 7. The molecule has 0 radical (unpaired) electrons. The lowest BCUT2D eigenvalue weighted by Gasteiger charge is -2.04. The van der Waals surface area contributed by atoms with Crippen LogP contribution in [0.2, 0.25) is 0 Å². The standard InChI is InChI=1S/C24H19BrN4O2/c25-20-11-13-22(14-12-20)31-17-23(30)27-26-15-19-16-29(21-9-5-2-6-10-21)28-24(19)18-7-3-1-4-8-18/h1-16H,17H2,(H,27,30)/b26-15+. The number of hydrazone groups is 1. The number of carbonyl (C=O) groups is 1. The molecule has 1 aromatic heterocycles. The number of nitrogens with zero attached hydrogens (tertiary/aromatic N) is 3. The van der Waals surface area contributed by atoms with Gasteiger partial charge in [0.2, 0.25) is 0 Å². The van der Waals surface area contributed by atoms with Gasteiger partial charge in [0.15, 0.2) is 6.61 Å². The summed E-state index contributed by atoms with van der Waals surface area (Å²) in [5.74, 6) is 0.258. The monoisotopic (exact) mass is 474 g/mol. The zero-order valence-electron chi connectivity index (χ0n) is 16.5. The Bertz CT molecular complexity index is 1170. The van der Waals surface area contributed by atoms with Gasteiger partial charge in [-0.2, -0.15) is 10.2 Å². The Morgan fingerprint density at radius 2 is 1.68 bits per heavy atom. The highest BCUT2D eigenvalue weighted by molar-refractivity contribution is 9.10. The Morgan fingerprint density at radius 3 is 2.39 bits per heavy atom. The van der Waals surface area contributed by atoms with Gasteiger partial charge in [0.05, 0.1) is 11.9 Å². The SMILES string of the molecule is O=C(COc1ccc(Br)cc1)N/N=C/c1cn(-c2ccccc2)nc1-c1ccccc1. The van der Waals surface area contributed by atoms with Crippen LogP contribution in [0.1, 0.15) is 5.56 Å². The number of carbonyl (C=O) groups excluding carboxylic acids is 1. The molecule has 0 spiro atoms. The normalized spacial score (nSPS) is 10.9. The van der Waals surface area contributed by atoms with Gasteiger partial charge in [-0.1, -0.05) is 64.5 Å². The average Bonchev–Trinajstić information content (AvgIpc) is 3.24. The molecule has 0 unspecified atom stereocenters. The second kappa shape index (κ2) is 9.86. The molecule has 154 valence electrons. The van der Waals surface area contributed by atoms with Crippen LogP contribution in [0, 0.1) is 0 Å². The van der Waals surface area contributed by atoms with Crippen LogP contribution in [0.25, 0.3) is 16.9 Å². The fourth-order valence-corrected chi connectivity index (χ4v) is 3.17. The van der Waals surface area contributed by atoms with E-state index < -0.39 is 0 Å². The van der Waals surface area contributed by atoms with Crippen molar-refractivity contribution in [3.8, 4) is 22.7 Å². The van der Waals surface area contributed by atoms with Crippen LogP contribution in [0.15, 0.2) is 101 Å². The highest BCUT2D eigenvalue weighted by atomic mass is 79.9. The second-order valence-corrected chi connectivity index (χ2v) is 7.53. The largest absolute Gasteiger partial charge is 0.484 e. The molecule has 0 aliphatic rings. The number of ether oxygens (including phenoxy) is 1. The number of amides is 1. The zero-order valence-corrected chi connectivity index (χ0v) is 18.1. The molecule has 1 heterocycles. The van der Waals surface area contributed by atoms with E-state index in [1.165, 1.54) is 0 Å². The molecule has 4 rings (SSSR count). The van der Waals surface area contributed by atoms with Crippen molar-refractivity contribution in [1.29, 1.82) is 0 Å². The van der Waals surface area contributed by atoms with Crippen molar-refractivity contribution in [2.24, 2.45) is 5.10 Å². The van der Waals surface area contributed by atoms with Gasteiger partial charge >= 0.3 is 0 Å². The lowest BCUT2D eigenvalue weighted by Crippen LogP contribution is -2.24. The molecule has 0 bridgehead atoms. The Morgan fingerprint density at radius 1 is 1.00 bits per heavy atom. The molecule has 0 fully saturated rings. The van der Waals surface area contributed by atoms with Gasteiger partial charge in [-0.25, -0.2) is 10.1 Å². The van der Waals surface area contributed by atoms with Crippen LogP contribution >= 0.6 is 15.9 Å². The molecule has 7 heteroatoms. The summed E-state index contributed by atoms with van der Waals surface area (Å²) in [6.45, 7) is -0.131. The van der Waals surface area contributed by atoms with Gasteiger partial charge in [-0.3, -0.25) is 4.79 Å². The minimum atomic E-state index is -0.351. The molecular formula is C24H19BrN4O2. The van der Waals surface area contributed by atoms with E-state index in [-0.39, 0.29) is 12.5 Å². The number of hydrogen-bond donors (Lipinski definition) is 1. The predicted octanol–water partition coefficient (Wildman–Crippen LogP) is 4.83. The van der Waals surface area contributed by atoms with Crippen LogP contribution in [0.5, 0.6) is 5.75 Å². The molecule has 0 aliphatic heterocycles. The molecular weight excluding hydrogens is 456 g/mol. The van der Waals surface area contributed by atoms with Crippen molar-refractivity contribution >= 4 is 28.1 Å². The molecule has 0 aliphatic carbocycles. The van der Waals surface area contributed by atoms with Crippen molar-refractivity contribution in [2.75, 3.05) is 6.61 Å². The van der Waals surface area contributed by atoms with Gasteiger partial charge in [0, 0.05) is 21.8 Å². The van der Waals surface area contributed by atoms with Crippen LogP contribution in [-0.2, 0) is 4.79 Å². The Hall–Kier alpha value is -3.71. The number of halogens is 1. The second-order valence-electron chi connectivity index (χ2n) is 6.61. The maximum Gasteiger partial charge on any atom is 0.277 e. The first-order valence-electron chi connectivity index (χ1n) is 9.60. The molecule has 0 saturated carbocycles. The van der Waals surface area contributed by atoms with Crippen LogP contribution in [-0.4, -0.2) is 28.5 Å². The quantitative estimate of drug-likeness (QED) is 0.308. The van der Waals surface area contributed by atoms with Crippen molar-refractivity contribution in [3.63, 3.8) is 0 Å². The van der Waals surface area contributed by atoms with Crippen LogP contribution < -0.4 is 10.2 Å². The molecule has 1 N–H and O–H groups in total. The lowest BCUT2D eigenvalue weighted by molar-refractivity contribution is -0.123. The first kappa shape index (κ1) is 20.6. The molecule has 4 aromatic rings. The van der Waals surface area contributed by atoms with E-state index in [4.69, 9.17) is 9.84 Å². The number of aromatic nitrogens is 2. The van der Waals surface area contributed by atoms with Gasteiger partial charge < -0.3 is 4.74 Å².